The molecule has 0 aliphatic rings. The van der Waals surface area contributed by atoms with Gasteiger partial charge in [-0.1, -0.05) is 17.7 Å². The fraction of sp³-hybridized carbons (Fsp3) is 0.217. The highest BCUT2D eigenvalue weighted by atomic mass is 16.5. The summed E-state index contributed by atoms with van der Waals surface area (Å²) in [4.78, 5) is 17.0. The monoisotopic (exact) mass is 391 g/mol. The van der Waals surface area contributed by atoms with Gasteiger partial charge in [-0.2, -0.15) is 0 Å². The molecule has 3 aromatic rings. The number of carbonyl (C=O) groups is 1. The molecule has 0 bridgehead atoms. The van der Waals surface area contributed by atoms with Crippen LogP contribution in [0.5, 0.6) is 11.5 Å². The Hall–Kier alpha value is -3.54. The average molecular weight is 391 g/mol. The van der Waals surface area contributed by atoms with Crippen LogP contribution in [-0.4, -0.2) is 25.1 Å². The number of benzene rings is 2. The van der Waals surface area contributed by atoms with Gasteiger partial charge in [0.2, 0.25) is 0 Å². The zero-order valence-corrected chi connectivity index (χ0v) is 17.3. The van der Waals surface area contributed by atoms with Gasteiger partial charge in [0, 0.05) is 18.0 Å². The van der Waals surface area contributed by atoms with Crippen molar-refractivity contribution < 1.29 is 14.3 Å². The summed E-state index contributed by atoms with van der Waals surface area (Å²) in [6.07, 6.45) is 1.54. The number of hydrogen-bond donors (Lipinski definition) is 2. The highest BCUT2D eigenvalue weighted by Gasteiger charge is 2.12. The van der Waals surface area contributed by atoms with Crippen molar-refractivity contribution in [3.8, 4) is 11.5 Å². The number of aryl methyl sites for hydroxylation is 3. The third kappa shape index (κ3) is 4.66. The van der Waals surface area contributed by atoms with Gasteiger partial charge in [0.05, 0.1) is 25.5 Å². The Balaban J connectivity index is 1.76. The third-order valence-corrected chi connectivity index (χ3v) is 4.61. The number of anilines is 3. The molecule has 2 aromatic carbocycles. The van der Waals surface area contributed by atoms with Crippen molar-refractivity contribution in [3.63, 3.8) is 0 Å². The van der Waals surface area contributed by atoms with Crippen molar-refractivity contribution in [2.75, 3.05) is 24.9 Å². The number of nitrogens with one attached hydrogen (secondary N) is 2. The minimum atomic E-state index is -0.196. The molecule has 2 N–H and O–H groups in total. The maximum absolute atomic E-state index is 12.6. The van der Waals surface area contributed by atoms with Crippen LogP contribution in [-0.2, 0) is 0 Å². The molecule has 6 nitrogen and oxygen atoms in total. The zero-order valence-electron chi connectivity index (χ0n) is 17.3. The quantitative estimate of drug-likeness (QED) is 0.617. The fourth-order valence-corrected chi connectivity index (χ4v) is 3.21. The van der Waals surface area contributed by atoms with E-state index in [0.29, 0.717) is 22.9 Å². The van der Waals surface area contributed by atoms with Crippen molar-refractivity contribution in [1.29, 1.82) is 0 Å². The highest BCUT2D eigenvalue weighted by Crippen LogP contribution is 2.31. The molecule has 3 rings (SSSR count). The SMILES string of the molecule is COc1ccc(OC)c(Nc2ccc(C(=O)Nc3c(C)cc(C)cc3C)cn2)c1. The molecule has 0 aliphatic heterocycles. The Morgan fingerprint density at radius 3 is 2.24 bits per heavy atom. The number of hydrogen-bond acceptors (Lipinski definition) is 5. The van der Waals surface area contributed by atoms with E-state index < -0.39 is 0 Å². The molecule has 0 unspecified atom stereocenters. The van der Waals surface area contributed by atoms with Crippen molar-refractivity contribution in [3.05, 3.63) is 70.9 Å². The lowest BCUT2D eigenvalue weighted by Crippen LogP contribution is -2.14. The maximum atomic E-state index is 12.6. The Morgan fingerprint density at radius 2 is 1.66 bits per heavy atom. The van der Waals surface area contributed by atoms with E-state index in [9.17, 15) is 4.79 Å². The highest BCUT2D eigenvalue weighted by molar-refractivity contribution is 6.05. The second kappa shape index (κ2) is 8.65. The largest absolute Gasteiger partial charge is 0.497 e. The van der Waals surface area contributed by atoms with Crippen LogP contribution in [0.15, 0.2) is 48.7 Å². The van der Waals surface area contributed by atoms with E-state index in [4.69, 9.17) is 9.47 Å². The smallest absolute Gasteiger partial charge is 0.257 e. The van der Waals surface area contributed by atoms with E-state index in [1.54, 1.807) is 32.5 Å². The van der Waals surface area contributed by atoms with E-state index in [-0.39, 0.29) is 5.91 Å². The first-order chi connectivity index (χ1) is 13.9. The topological polar surface area (TPSA) is 72.5 Å². The molecule has 0 radical (unpaired) electrons. The molecular weight excluding hydrogens is 366 g/mol. The van der Waals surface area contributed by atoms with Crippen molar-refractivity contribution in [2.24, 2.45) is 0 Å². The molecule has 0 atom stereocenters. The number of aromatic nitrogens is 1. The lowest BCUT2D eigenvalue weighted by molar-refractivity contribution is 0.102. The summed E-state index contributed by atoms with van der Waals surface area (Å²) < 4.78 is 10.6. The Morgan fingerprint density at radius 1 is 0.931 bits per heavy atom. The van der Waals surface area contributed by atoms with Crippen LogP contribution in [0.3, 0.4) is 0 Å². The number of carbonyl (C=O) groups excluding carboxylic acids is 1. The third-order valence-electron chi connectivity index (χ3n) is 4.61. The molecule has 0 saturated heterocycles. The number of nitrogens with zero attached hydrogens (tertiary/aromatic N) is 1. The van der Waals surface area contributed by atoms with Crippen LogP contribution < -0.4 is 20.1 Å². The van der Waals surface area contributed by atoms with Crippen LogP contribution in [0.2, 0.25) is 0 Å². The minimum Gasteiger partial charge on any atom is -0.497 e. The number of pyridine rings is 1. The minimum absolute atomic E-state index is 0.196. The summed E-state index contributed by atoms with van der Waals surface area (Å²) in [7, 11) is 3.21. The molecule has 1 aromatic heterocycles. The predicted octanol–water partition coefficient (Wildman–Crippen LogP) is 5.02. The number of amides is 1. The zero-order chi connectivity index (χ0) is 21.0. The number of rotatable bonds is 6. The summed E-state index contributed by atoms with van der Waals surface area (Å²) in [6, 6.07) is 13.0. The summed E-state index contributed by atoms with van der Waals surface area (Å²) >= 11 is 0. The second-order valence-electron chi connectivity index (χ2n) is 6.85. The summed E-state index contributed by atoms with van der Waals surface area (Å²) in [6.45, 7) is 6.02. The van der Waals surface area contributed by atoms with Gasteiger partial charge >= 0.3 is 0 Å². The van der Waals surface area contributed by atoms with Crippen LogP contribution >= 0.6 is 0 Å². The van der Waals surface area contributed by atoms with E-state index in [0.717, 1.165) is 22.5 Å². The first-order valence-corrected chi connectivity index (χ1v) is 9.25. The Labute approximate surface area is 170 Å². The lowest BCUT2D eigenvalue weighted by atomic mass is 10.0. The van der Waals surface area contributed by atoms with Crippen LogP contribution in [0, 0.1) is 20.8 Å². The number of methoxy groups -OCH3 is 2. The van der Waals surface area contributed by atoms with Crippen LogP contribution in [0.4, 0.5) is 17.2 Å². The van der Waals surface area contributed by atoms with Crippen molar-refractivity contribution in [2.45, 2.75) is 20.8 Å². The van der Waals surface area contributed by atoms with E-state index in [2.05, 4.69) is 27.8 Å². The van der Waals surface area contributed by atoms with Crippen LogP contribution in [0.1, 0.15) is 27.0 Å². The van der Waals surface area contributed by atoms with Gasteiger partial charge < -0.3 is 20.1 Å². The van der Waals surface area contributed by atoms with Crippen LogP contribution in [0.25, 0.3) is 0 Å². The standard InChI is InChI=1S/C23H25N3O3/c1-14-10-15(2)22(16(3)11-14)26-23(27)17-6-9-21(24-13-17)25-19-12-18(28-4)7-8-20(19)29-5/h6-13H,1-5H3,(H,24,25)(H,26,27). The molecule has 0 aliphatic carbocycles. The summed E-state index contributed by atoms with van der Waals surface area (Å²) in [5.41, 5.74) is 5.28. The number of ether oxygens (including phenoxy) is 2. The van der Waals surface area contributed by atoms with Gasteiger partial charge in [0.15, 0.2) is 0 Å². The molecule has 0 fully saturated rings. The first-order valence-electron chi connectivity index (χ1n) is 9.25. The molecule has 150 valence electrons. The Bertz CT molecular complexity index is 1010. The van der Waals surface area contributed by atoms with Gasteiger partial charge in [-0.25, -0.2) is 4.98 Å². The lowest BCUT2D eigenvalue weighted by Gasteiger charge is -2.14. The van der Waals surface area contributed by atoms with Gasteiger partial charge in [-0.3, -0.25) is 4.79 Å². The van der Waals surface area contributed by atoms with Crippen molar-refractivity contribution >= 4 is 23.1 Å². The van der Waals surface area contributed by atoms with E-state index in [1.807, 2.05) is 39.0 Å². The van der Waals surface area contributed by atoms with Crippen molar-refractivity contribution in [1.82, 2.24) is 4.98 Å². The average Bonchev–Trinajstić information content (AvgIpc) is 2.71. The molecule has 0 spiro atoms. The summed E-state index contributed by atoms with van der Waals surface area (Å²) in [5.74, 6) is 1.77. The molecule has 1 heterocycles. The van der Waals surface area contributed by atoms with E-state index in [1.165, 1.54) is 5.56 Å². The van der Waals surface area contributed by atoms with Gasteiger partial charge in [-0.05, 0) is 56.2 Å². The second-order valence-corrected chi connectivity index (χ2v) is 6.85. The normalized spacial score (nSPS) is 10.4. The molecule has 0 saturated carbocycles. The first kappa shape index (κ1) is 20.2. The summed E-state index contributed by atoms with van der Waals surface area (Å²) in [5, 5.41) is 6.18. The molecule has 29 heavy (non-hydrogen) atoms. The maximum Gasteiger partial charge on any atom is 0.257 e. The predicted molar refractivity (Wildman–Crippen MR) is 116 cm³/mol. The van der Waals surface area contributed by atoms with E-state index >= 15 is 0 Å². The van der Waals surface area contributed by atoms with Gasteiger partial charge in [0.25, 0.3) is 5.91 Å². The molecule has 6 heteroatoms. The Kier molecular flexibility index (Phi) is 6.02. The molecule has 1 amide bonds. The fourth-order valence-electron chi connectivity index (χ4n) is 3.21. The van der Waals surface area contributed by atoms with Gasteiger partial charge in [-0.15, -0.1) is 0 Å². The molecular formula is C23H25N3O3. The van der Waals surface area contributed by atoms with Gasteiger partial charge in [0.1, 0.15) is 17.3 Å².